The van der Waals surface area contributed by atoms with E-state index >= 15 is 0 Å². The van der Waals surface area contributed by atoms with Crippen LogP contribution in [0, 0.1) is 0 Å². The Morgan fingerprint density at radius 1 is 0.725 bits per heavy atom. The summed E-state index contributed by atoms with van der Waals surface area (Å²) in [5.41, 5.74) is 11.2. The molecular weight excluding hydrogens is 889 g/mol. The highest BCUT2D eigenvalue weighted by molar-refractivity contribution is 5.97. The number of nitrogens with one attached hydrogen (secondary N) is 5. The third-order valence-corrected chi connectivity index (χ3v) is 10.2. The SMILES string of the molecule is CCCCNc1nc(N)c2[nH]c(=O)n(Cc3ccc(C(=O)N[C@@H](CCCCN)C(=O)NCCCN(CCCCN(CCCNC(=O)OC(C)(C)C)C(=O)OC(C)(C)C)C(=O)OC(C)(C)C)cc3)c2n1. The second-order valence-corrected chi connectivity index (χ2v) is 20.0. The highest BCUT2D eigenvalue weighted by Gasteiger charge is 2.26. The summed E-state index contributed by atoms with van der Waals surface area (Å²) < 4.78 is 18.1. The number of carbonyl (C=O) groups is 5. The molecule has 21 nitrogen and oxygen atoms in total. The smallest absolute Gasteiger partial charge is 0.410 e. The number of rotatable bonds is 26. The van der Waals surface area contributed by atoms with Gasteiger partial charge in [-0.3, -0.25) is 14.2 Å². The number of carbonyl (C=O) groups excluding carboxylic acids is 5. The van der Waals surface area contributed by atoms with Crippen molar-refractivity contribution >= 4 is 53.0 Å². The predicted molar refractivity (Wildman–Crippen MR) is 267 cm³/mol. The number of aromatic nitrogens is 4. The third-order valence-electron chi connectivity index (χ3n) is 10.2. The minimum absolute atomic E-state index is 0.156. The van der Waals surface area contributed by atoms with E-state index in [-0.39, 0.29) is 31.4 Å². The van der Waals surface area contributed by atoms with Crippen LogP contribution < -0.4 is 38.4 Å². The molecule has 2 aromatic heterocycles. The average molecular weight is 969 g/mol. The lowest BCUT2D eigenvalue weighted by Gasteiger charge is -2.29. The van der Waals surface area contributed by atoms with Crippen LogP contribution >= 0.6 is 0 Å². The number of aromatic amines is 1. The number of imidazole rings is 1. The Hall–Kier alpha value is -6.12. The summed E-state index contributed by atoms with van der Waals surface area (Å²) in [7, 11) is 0. The topological polar surface area (TPSA) is 283 Å². The van der Waals surface area contributed by atoms with E-state index in [0.29, 0.717) is 107 Å². The van der Waals surface area contributed by atoms with Crippen molar-refractivity contribution < 1.29 is 38.2 Å². The molecule has 0 bridgehead atoms. The summed E-state index contributed by atoms with van der Waals surface area (Å²) in [5.74, 6) is -0.326. The lowest BCUT2D eigenvalue weighted by atomic mass is 10.1. The van der Waals surface area contributed by atoms with E-state index in [9.17, 15) is 28.8 Å². The maximum Gasteiger partial charge on any atom is 0.410 e. The molecule has 2 heterocycles. The molecular formula is C48H80N12O9. The zero-order valence-corrected chi connectivity index (χ0v) is 42.7. The molecule has 386 valence electrons. The van der Waals surface area contributed by atoms with Crippen LogP contribution in [0.25, 0.3) is 11.2 Å². The van der Waals surface area contributed by atoms with Crippen molar-refractivity contribution in [3.63, 3.8) is 0 Å². The fraction of sp³-hybridized carbons (Fsp3) is 0.667. The van der Waals surface area contributed by atoms with E-state index in [2.05, 4.69) is 43.1 Å². The average Bonchev–Trinajstić information content (AvgIpc) is 3.55. The van der Waals surface area contributed by atoms with Gasteiger partial charge in [-0.1, -0.05) is 25.5 Å². The van der Waals surface area contributed by atoms with Gasteiger partial charge in [0.15, 0.2) is 11.5 Å². The van der Waals surface area contributed by atoms with Crippen molar-refractivity contribution in [2.45, 2.75) is 156 Å². The Kier molecular flexibility index (Phi) is 22.5. The predicted octanol–water partition coefficient (Wildman–Crippen LogP) is 5.87. The van der Waals surface area contributed by atoms with Gasteiger partial charge in [0.25, 0.3) is 5.91 Å². The number of anilines is 2. The van der Waals surface area contributed by atoms with Crippen LogP contribution in [0.3, 0.4) is 0 Å². The first kappa shape index (κ1) is 57.2. The van der Waals surface area contributed by atoms with Gasteiger partial charge in [0.05, 0.1) is 6.54 Å². The first-order valence-corrected chi connectivity index (χ1v) is 24.2. The Bertz CT molecular complexity index is 2170. The van der Waals surface area contributed by atoms with Crippen molar-refractivity contribution in [2.75, 3.05) is 63.4 Å². The van der Waals surface area contributed by atoms with E-state index < -0.39 is 52.7 Å². The number of ether oxygens (including phenoxy) is 3. The van der Waals surface area contributed by atoms with Crippen molar-refractivity contribution in [3.8, 4) is 0 Å². The summed E-state index contributed by atoms with van der Waals surface area (Å²) in [6.45, 7) is 21.3. The number of unbranched alkanes of at least 4 members (excludes halogenated alkanes) is 3. The maximum absolute atomic E-state index is 13.6. The van der Waals surface area contributed by atoms with Crippen LogP contribution in [-0.2, 0) is 25.5 Å². The molecule has 1 atom stereocenters. The summed E-state index contributed by atoms with van der Waals surface area (Å²) in [5, 5.41) is 11.7. The van der Waals surface area contributed by atoms with E-state index in [1.54, 1.807) is 96.4 Å². The van der Waals surface area contributed by atoms with Crippen LogP contribution in [0.15, 0.2) is 29.1 Å². The number of fused-ring (bicyclic) bond motifs is 1. The number of nitrogens with zero attached hydrogens (tertiary/aromatic N) is 5. The normalized spacial score (nSPS) is 12.2. The molecule has 3 rings (SSSR count). The van der Waals surface area contributed by atoms with Gasteiger partial charge >= 0.3 is 24.0 Å². The van der Waals surface area contributed by atoms with Gasteiger partial charge in [-0.2, -0.15) is 9.97 Å². The molecule has 0 spiro atoms. The first-order valence-electron chi connectivity index (χ1n) is 24.2. The summed E-state index contributed by atoms with van der Waals surface area (Å²) in [6, 6.07) is 5.89. The zero-order valence-electron chi connectivity index (χ0n) is 42.7. The number of H-pyrrole nitrogens is 1. The van der Waals surface area contributed by atoms with E-state index in [1.165, 1.54) is 4.57 Å². The molecule has 0 radical (unpaired) electrons. The van der Waals surface area contributed by atoms with Gasteiger partial charge < -0.3 is 61.7 Å². The molecule has 0 saturated heterocycles. The van der Waals surface area contributed by atoms with Gasteiger partial charge in [0.1, 0.15) is 28.4 Å². The van der Waals surface area contributed by atoms with E-state index in [1.807, 2.05) is 0 Å². The highest BCUT2D eigenvalue weighted by atomic mass is 16.6. The summed E-state index contributed by atoms with van der Waals surface area (Å²) in [4.78, 5) is 93.3. The first-order chi connectivity index (χ1) is 32.4. The van der Waals surface area contributed by atoms with Crippen LogP contribution in [0.2, 0.25) is 0 Å². The van der Waals surface area contributed by atoms with Crippen LogP contribution in [0.1, 0.15) is 143 Å². The molecule has 3 aromatic rings. The summed E-state index contributed by atoms with van der Waals surface area (Å²) in [6.07, 6.45) is 4.01. The fourth-order valence-electron chi connectivity index (χ4n) is 6.83. The maximum atomic E-state index is 13.6. The third kappa shape index (κ3) is 21.4. The number of benzene rings is 1. The molecule has 0 unspecified atom stereocenters. The molecule has 0 saturated carbocycles. The molecule has 1 aromatic carbocycles. The van der Waals surface area contributed by atoms with Crippen LogP contribution in [0.5, 0.6) is 0 Å². The largest absolute Gasteiger partial charge is 0.444 e. The molecule has 21 heteroatoms. The summed E-state index contributed by atoms with van der Waals surface area (Å²) >= 11 is 0. The van der Waals surface area contributed by atoms with Crippen molar-refractivity contribution in [3.05, 3.63) is 45.9 Å². The van der Waals surface area contributed by atoms with Crippen LogP contribution in [0.4, 0.5) is 26.1 Å². The number of hydrogen-bond acceptors (Lipinski definition) is 14. The van der Waals surface area contributed by atoms with Gasteiger partial charge in [-0.15, -0.1) is 0 Å². The second kappa shape index (κ2) is 27.2. The fourth-order valence-corrected chi connectivity index (χ4v) is 6.83. The molecule has 0 aliphatic heterocycles. The van der Waals surface area contributed by atoms with Crippen molar-refractivity contribution in [1.82, 2.24) is 45.3 Å². The minimum Gasteiger partial charge on any atom is -0.444 e. The lowest BCUT2D eigenvalue weighted by Crippen LogP contribution is -2.47. The molecule has 69 heavy (non-hydrogen) atoms. The Morgan fingerprint density at radius 2 is 1.28 bits per heavy atom. The Morgan fingerprint density at radius 3 is 1.81 bits per heavy atom. The minimum atomic E-state index is -0.846. The molecule has 0 aliphatic carbocycles. The van der Waals surface area contributed by atoms with Gasteiger partial charge in [-0.25, -0.2) is 19.2 Å². The highest BCUT2D eigenvalue weighted by Crippen LogP contribution is 2.19. The number of hydrogen-bond donors (Lipinski definition) is 7. The van der Waals surface area contributed by atoms with Gasteiger partial charge in [0.2, 0.25) is 11.9 Å². The van der Waals surface area contributed by atoms with E-state index in [4.69, 9.17) is 25.7 Å². The van der Waals surface area contributed by atoms with Crippen molar-refractivity contribution in [1.29, 1.82) is 0 Å². The second-order valence-electron chi connectivity index (χ2n) is 20.0. The van der Waals surface area contributed by atoms with Gasteiger partial charge in [-0.05, 0) is 138 Å². The monoisotopic (exact) mass is 969 g/mol. The number of alkyl carbamates (subject to hydrolysis) is 1. The number of amides is 5. The molecule has 0 fully saturated rings. The quantitative estimate of drug-likeness (QED) is 0.0366. The zero-order chi connectivity index (χ0) is 51.4. The Labute approximate surface area is 406 Å². The standard InChI is InChI=1S/C48H80N12O9/c1-11-12-25-52-41-56-37(50)36-38(57-41)60(42(63)55-36)32-33-20-22-34(23-21-33)39(61)54-35(19-13-14-24-49)40(62)51-26-17-30-58(44(65)68-47(5,6)7)28-15-16-29-59(45(66)69-48(8,9)10)31-18-27-53-43(64)67-46(2,3)4/h20-23,35H,11-19,24-32,49H2,1-10H3,(H,51,62)(H,53,64)(H,54,61)(H,55,63)(H3,50,52,56,57)/t35-/m0/s1. The number of nitrogen functional groups attached to an aromatic ring is 1. The number of nitrogens with two attached hydrogens (primary N) is 2. The Balaban J connectivity index is 1.60. The van der Waals surface area contributed by atoms with Crippen molar-refractivity contribution in [2.24, 2.45) is 5.73 Å². The molecule has 5 amide bonds. The van der Waals surface area contributed by atoms with Crippen LogP contribution in [-0.4, -0.2) is 135 Å². The molecule has 9 N–H and O–H groups in total. The lowest BCUT2D eigenvalue weighted by molar-refractivity contribution is -0.123. The molecule has 0 aliphatic rings. The van der Waals surface area contributed by atoms with E-state index in [0.717, 1.165) is 18.4 Å². The van der Waals surface area contributed by atoms with Gasteiger partial charge in [0, 0.05) is 51.4 Å².